The van der Waals surface area contributed by atoms with Crippen LogP contribution in [0.3, 0.4) is 0 Å². The predicted molar refractivity (Wildman–Crippen MR) is 24.8 cm³/mol. The smallest absolute Gasteiger partial charge is 0.305 e. The molecule has 0 aromatic heterocycles. The minimum absolute atomic E-state index is 0.264. The van der Waals surface area contributed by atoms with Crippen molar-refractivity contribution in [3.63, 3.8) is 0 Å². The molecule has 0 radical (unpaired) electrons. The molecule has 0 aliphatic carbocycles. The van der Waals surface area contributed by atoms with Gasteiger partial charge in [0.2, 0.25) is 0 Å². The van der Waals surface area contributed by atoms with Gasteiger partial charge in [0.25, 0.3) is 0 Å². The highest BCUT2D eigenvalue weighted by Crippen LogP contribution is 1.88. The molecule has 0 saturated carbocycles. The summed E-state index contributed by atoms with van der Waals surface area (Å²) in [4.78, 5) is 8.72. The molecule has 0 heterocycles. The van der Waals surface area contributed by atoms with E-state index in [9.17, 15) is 10.1 Å². The SMILES string of the molecule is O=[N+]([O-])/C(=C\O)CO. The molecule has 0 unspecified atom stereocenters. The van der Waals surface area contributed by atoms with Crippen LogP contribution in [0.5, 0.6) is 0 Å². The Morgan fingerprint density at radius 2 is 2.38 bits per heavy atom. The first-order valence-electron chi connectivity index (χ1n) is 1.81. The summed E-state index contributed by atoms with van der Waals surface area (Å²) in [5.41, 5.74) is -0.606. The minimum Gasteiger partial charge on any atom is -0.509 e. The van der Waals surface area contributed by atoms with Gasteiger partial charge in [0.05, 0.1) is 4.92 Å². The molecule has 5 nitrogen and oxygen atoms in total. The van der Waals surface area contributed by atoms with Crippen molar-refractivity contribution >= 4 is 0 Å². The lowest BCUT2D eigenvalue weighted by Gasteiger charge is -1.86. The lowest BCUT2D eigenvalue weighted by molar-refractivity contribution is -0.431. The maximum Gasteiger partial charge on any atom is 0.305 e. The molecular formula is C3H5NO4. The minimum atomic E-state index is -0.861. The molecule has 0 fully saturated rings. The Hall–Kier alpha value is -1.10. The summed E-state index contributed by atoms with van der Waals surface area (Å²) in [6, 6.07) is 0. The van der Waals surface area contributed by atoms with E-state index in [1.165, 1.54) is 0 Å². The zero-order chi connectivity index (χ0) is 6.57. The van der Waals surface area contributed by atoms with Gasteiger partial charge in [-0.15, -0.1) is 0 Å². The van der Waals surface area contributed by atoms with Crippen LogP contribution in [-0.4, -0.2) is 21.7 Å². The molecular weight excluding hydrogens is 114 g/mol. The third-order valence-corrected chi connectivity index (χ3v) is 0.546. The van der Waals surface area contributed by atoms with Crippen LogP contribution in [-0.2, 0) is 0 Å². The summed E-state index contributed by atoms with van der Waals surface area (Å²) >= 11 is 0. The van der Waals surface area contributed by atoms with Gasteiger partial charge in [-0.3, -0.25) is 10.1 Å². The number of hydrogen-bond donors (Lipinski definition) is 2. The molecule has 8 heavy (non-hydrogen) atoms. The maximum atomic E-state index is 9.58. The summed E-state index contributed by atoms with van der Waals surface area (Å²) in [5.74, 6) is 0. The average molecular weight is 119 g/mol. The van der Waals surface area contributed by atoms with E-state index in [4.69, 9.17) is 10.2 Å². The fourth-order valence-corrected chi connectivity index (χ4v) is 0.146. The highest BCUT2D eigenvalue weighted by Gasteiger charge is 2.05. The first-order chi connectivity index (χ1) is 3.72. The van der Waals surface area contributed by atoms with Crippen molar-refractivity contribution in [1.82, 2.24) is 0 Å². The van der Waals surface area contributed by atoms with Crippen molar-refractivity contribution in [2.45, 2.75) is 0 Å². The summed E-state index contributed by atoms with van der Waals surface area (Å²) in [6.07, 6.45) is 0.264. The normalized spacial score (nSPS) is 11.4. The zero-order valence-electron chi connectivity index (χ0n) is 3.94. The van der Waals surface area contributed by atoms with Crippen molar-refractivity contribution in [1.29, 1.82) is 0 Å². The molecule has 46 valence electrons. The fourth-order valence-electron chi connectivity index (χ4n) is 0.146. The average Bonchev–Trinajstić information content (AvgIpc) is 1.69. The van der Waals surface area contributed by atoms with Crippen molar-refractivity contribution in [2.24, 2.45) is 0 Å². The molecule has 0 aliphatic rings. The number of aliphatic hydroxyl groups excluding tert-OH is 2. The number of aliphatic hydroxyl groups is 2. The van der Waals surface area contributed by atoms with Crippen molar-refractivity contribution in [3.05, 3.63) is 22.1 Å². The first-order valence-corrected chi connectivity index (χ1v) is 1.81. The van der Waals surface area contributed by atoms with Crippen LogP contribution in [0.15, 0.2) is 12.0 Å². The second-order valence-electron chi connectivity index (χ2n) is 1.04. The fraction of sp³-hybridized carbons (Fsp3) is 0.333. The van der Waals surface area contributed by atoms with E-state index in [-0.39, 0.29) is 6.26 Å². The summed E-state index contributed by atoms with van der Waals surface area (Å²) in [6.45, 7) is -0.747. The van der Waals surface area contributed by atoms with Gasteiger partial charge in [-0.2, -0.15) is 0 Å². The Bertz CT molecular complexity index is 118. The van der Waals surface area contributed by atoms with Gasteiger partial charge >= 0.3 is 5.70 Å². The van der Waals surface area contributed by atoms with Crippen LogP contribution in [0.4, 0.5) is 0 Å². The second kappa shape index (κ2) is 2.98. The van der Waals surface area contributed by atoms with Gasteiger partial charge in [0, 0.05) is 0 Å². The van der Waals surface area contributed by atoms with E-state index in [1.54, 1.807) is 0 Å². The molecule has 0 saturated heterocycles. The highest BCUT2D eigenvalue weighted by atomic mass is 16.6. The molecule has 0 aromatic rings. The van der Waals surface area contributed by atoms with Crippen LogP contribution in [0.2, 0.25) is 0 Å². The lowest BCUT2D eigenvalue weighted by atomic mass is 10.5. The molecule has 2 N–H and O–H groups in total. The summed E-state index contributed by atoms with van der Waals surface area (Å²) in [5, 5.41) is 25.5. The lowest BCUT2D eigenvalue weighted by Crippen LogP contribution is -2.02. The van der Waals surface area contributed by atoms with Crippen LogP contribution in [0.25, 0.3) is 0 Å². The van der Waals surface area contributed by atoms with Crippen molar-refractivity contribution < 1.29 is 15.1 Å². The highest BCUT2D eigenvalue weighted by molar-refractivity contribution is 4.82. The van der Waals surface area contributed by atoms with Crippen LogP contribution < -0.4 is 0 Å². The van der Waals surface area contributed by atoms with Crippen LogP contribution >= 0.6 is 0 Å². The van der Waals surface area contributed by atoms with Gasteiger partial charge in [-0.05, 0) is 0 Å². The largest absolute Gasteiger partial charge is 0.509 e. The van der Waals surface area contributed by atoms with E-state index in [2.05, 4.69) is 0 Å². The van der Waals surface area contributed by atoms with E-state index in [0.29, 0.717) is 0 Å². The molecule has 0 aliphatic heterocycles. The molecule has 0 spiro atoms. The Morgan fingerprint density at radius 3 is 2.38 bits per heavy atom. The van der Waals surface area contributed by atoms with Gasteiger partial charge in [-0.25, -0.2) is 0 Å². The quantitative estimate of drug-likeness (QED) is 0.295. The van der Waals surface area contributed by atoms with Gasteiger partial charge in [0.1, 0.15) is 6.61 Å². The Morgan fingerprint density at radius 1 is 1.88 bits per heavy atom. The van der Waals surface area contributed by atoms with Gasteiger partial charge in [0.15, 0.2) is 6.26 Å². The van der Waals surface area contributed by atoms with Crippen LogP contribution in [0, 0.1) is 10.1 Å². The van der Waals surface area contributed by atoms with Gasteiger partial charge < -0.3 is 10.2 Å². The van der Waals surface area contributed by atoms with Crippen LogP contribution in [0.1, 0.15) is 0 Å². The summed E-state index contributed by atoms with van der Waals surface area (Å²) in [7, 11) is 0. The predicted octanol–water partition coefficient (Wildman–Crippen LogP) is -0.345. The van der Waals surface area contributed by atoms with Crippen molar-refractivity contribution in [3.8, 4) is 0 Å². The molecule has 0 bridgehead atoms. The number of nitrogens with zero attached hydrogens (tertiary/aromatic N) is 1. The van der Waals surface area contributed by atoms with E-state index in [0.717, 1.165) is 0 Å². The third-order valence-electron chi connectivity index (χ3n) is 0.546. The molecule has 5 heteroatoms. The molecule has 0 amide bonds. The molecule has 0 atom stereocenters. The number of nitro groups is 1. The maximum absolute atomic E-state index is 9.58. The number of rotatable bonds is 2. The summed E-state index contributed by atoms with van der Waals surface area (Å²) < 4.78 is 0. The second-order valence-corrected chi connectivity index (χ2v) is 1.04. The Kier molecular flexibility index (Phi) is 2.57. The topological polar surface area (TPSA) is 83.6 Å². The third kappa shape index (κ3) is 1.57. The van der Waals surface area contributed by atoms with E-state index in [1.807, 2.05) is 0 Å². The monoisotopic (exact) mass is 119 g/mol. The van der Waals surface area contributed by atoms with Gasteiger partial charge in [-0.1, -0.05) is 0 Å². The first kappa shape index (κ1) is 6.90. The molecule has 0 rings (SSSR count). The Labute approximate surface area is 45.0 Å². The zero-order valence-corrected chi connectivity index (χ0v) is 3.94. The Balaban J connectivity index is 3.92. The van der Waals surface area contributed by atoms with E-state index >= 15 is 0 Å². The molecule has 0 aromatic carbocycles. The van der Waals surface area contributed by atoms with E-state index < -0.39 is 17.2 Å². The standard InChI is InChI=1S/C3H5NO4/c5-1-3(2-6)4(7)8/h1,5-6H,2H2/b3-1-. The number of hydrogen-bond acceptors (Lipinski definition) is 4. The van der Waals surface area contributed by atoms with Crippen molar-refractivity contribution in [2.75, 3.05) is 6.61 Å².